The van der Waals surface area contributed by atoms with Gasteiger partial charge in [0.1, 0.15) is 6.73 Å². The smallest absolute Gasteiger partial charge is 0.337 e. The molecule has 1 N–H and O–H groups in total. The number of anilines is 2. The third kappa shape index (κ3) is 2.78. The molecule has 7 heteroatoms. The van der Waals surface area contributed by atoms with E-state index < -0.39 is 23.7 Å². The fourth-order valence-corrected chi connectivity index (χ4v) is 3.31. The number of carboxylic acids is 1. The van der Waals surface area contributed by atoms with E-state index in [0.29, 0.717) is 5.69 Å². The molecule has 0 aliphatic carbocycles. The van der Waals surface area contributed by atoms with Gasteiger partial charge in [0.2, 0.25) is 0 Å². The van der Waals surface area contributed by atoms with Gasteiger partial charge in [-0.1, -0.05) is 6.07 Å². The minimum atomic E-state index is -1.32. The van der Waals surface area contributed by atoms with Crippen molar-refractivity contribution in [3.05, 3.63) is 56.7 Å². The second-order valence-electron chi connectivity index (χ2n) is 5.17. The van der Waals surface area contributed by atoms with Gasteiger partial charge in [0.15, 0.2) is 17.7 Å². The number of rotatable bonds is 2. The molecule has 0 spiro atoms. The van der Waals surface area contributed by atoms with Crippen LogP contribution < -0.4 is 4.90 Å². The van der Waals surface area contributed by atoms with Gasteiger partial charge in [-0.25, -0.2) is 13.6 Å². The van der Waals surface area contributed by atoms with Gasteiger partial charge in [-0.2, -0.15) is 0 Å². The van der Waals surface area contributed by atoms with Crippen molar-refractivity contribution in [3.63, 3.8) is 0 Å². The molecule has 0 saturated carbocycles. The highest BCUT2D eigenvalue weighted by Gasteiger charge is 2.35. The SMILES string of the molecule is Cc1cc(I)ccc1N1COC(C(=O)O)c2ccc(F)c(F)c21. The number of aliphatic carboxylic acids is 1. The van der Waals surface area contributed by atoms with Crippen LogP contribution >= 0.6 is 22.6 Å². The molecule has 0 aromatic heterocycles. The lowest BCUT2D eigenvalue weighted by Crippen LogP contribution is -2.33. The Balaban J connectivity index is 2.20. The van der Waals surface area contributed by atoms with E-state index in [0.717, 1.165) is 15.2 Å². The molecular formula is C16H12F2INO3. The summed E-state index contributed by atoms with van der Waals surface area (Å²) in [6.07, 6.45) is -1.32. The Bertz CT molecular complexity index is 797. The van der Waals surface area contributed by atoms with Crippen LogP contribution in [0.15, 0.2) is 30.3 Å². The lowest BCUT2D eigenvalue weighted by Gasteiger charge is -2.35. The van der Waals surface area contributed by atoms with Gasteiger partial charge < -0.3 is 14.7 Å². The molecule has 1 aliphatic rings. The van der Waals surface area contributed by atoms with Crippen molar-refractivity contribution in [3.8, 4) is 0 Å². The molecule has 0 radical (unpaired) electrons. The second-order valence-corrected chi connectivity index (χ2v) is 6.42. The summed E-state index contributed by atoms with van der Waals surface area (Å²) in [6, 6.07) is 7.67. The number of nitrogens with zero attached hydrogens (tertiary/aromatic N) is 1. The van der Waals surface area contributed by atoms with E-state index in [9.17, 15) is 18.7 Å². The summed E-state index contributed by atoms with van der Waals surface area (Å²) in [4.78, 5) is 12.8. The highest BCUT2D eigenvalue weighted by atomic mass is 127. The first-order valence-corrected chi connectivity index (χ1v) is 7.84. The molecule has 1 heterocycles. The highest BCUT2D eigenvalue weighted by molar-refractivity contribution is 14.1. The monoisotopic (exact) mass is 431 g/mol. The summed E-state index contributed by atoms with van der Waals surface area (Å²) in [5, 5.41) is 9.23. The van der Waals surface area contributed by atoms with Crippen LogP contribution in [-0.2, 0) is 9.53 Å². The normalized spacial score (nSPS) is 17.0. The summed E-state index contributed by atoms with van der Waals surface area (Å²) < 4.78 is 34.5. The molecule has 1 aliphatic heterocycles. The molecule has 3 rings (SSSR count). The van der Waals surface area contributed by atoms with Gasteiger partial charge in [-0.05, 0) is 59.3 Å². The third-order valence-corrected chi connectivity index (χ3v) is 4.37. The van der Waals surface area contributed by atoms with E-state index in [2.05, 4.69) is 22.6 Å². The topological polar surface area (TPSA) is 49.8 Å². The number of hydrogen-bond donors (Lipinski definition) is 1. The summed E-state index contributed by atoms with van der Waals surface area (Å²) in [5.41, 5.74) is 1.50. The van der Waals surface area contributed by atoms with Gasteiger partial charge in [-0.15, -0.1) is 0 Å². The average molecular weight is 431 g/mol. The van der Waals surface area contributed by atoms with Crippen LogP contribution in [0.5, 0.6) is 0 Å². The molecule has 0 fully saturated rings. The third-order valence-electron chi connectivity index (χ3n) is 3.70. The Hall–Kier alpha value is -1.74. The number of carbonyl (C=O) groups is 1. The highest BCUT2D eigenvalue weighted by Crippen LogP contribution is 2.41. The number of ether oxygens (including phenoxy) is 1. The van der Waals surface area contributed by atoms with Crippen molar-refractivity contribution in [2.45, 2.75) is 13.0 Å². The molecule has 0 bridgehead atoms. The number of hydrogen-bond acceptors (Lipinski definition) is 3. The van der Waals surface area contributed by atoms with Crippen molar-refractivity contribution >= 4 is 39.9 Å². The fourth-order valence-electron chi connectivity index (χ4n) is 2.66. The van der Waals surface area contributed by atoms with E-state index in [4.69, 9.17) is 4.74 Å². The molecular weight excluding hydrogens is 419 g/mol. The first kappa shape index (κ1) is 16.1. The first-order chi connectivity index (χ1) is 10.9. The van der Waals surface area contributed by atoms with Crippen LogP contribution in [0.2, 0.25) is 0 Å². The second kappa shape index (κ2) is 6.04. The van der Waals surface area contributed by atoms with Crippen molar-refractivity contribution in [1.82, 2.24) is 0 Å². The molecule has 120 valence electrons. The number of halogens is 3. The molecule has 23 heavy (non-hydrogen) atoms. The Kier molecular flexibility index (Phi) is 4.24. The van der Waals surface area contributed by atoms with Crippen molar-refractivity contribution in [1.29, 1.82) is 0 Å². The standard InChI is InChI=1S/C16H12F2INO3/c1-8-6-9(19)2-5-12(8)20-7-23-15(16(21)22)10-3-4-11(17)13(18)14(10)20/h2-6,15H,7H2,1H3,(H,21,22). The summed E-state index contributed by atoms with van der Waals surface area (Å²) in [6.45, 7) is 1.67. The number of carboxylic acid groups (broad SMARTS) is 1. The summed E-state index contributed by atoms with van der Waals surface area (Å²) in [5.74, 6) is -3.34. The Morgan fingerprint density at radius 2 is 2.09 bits per heavy atom. The Morgan fingerprint density at radius 3 is 2.74 bits per heavy atom. The van der Waals surface area contributed by atoms with Gasteiger partial charge in [0, 0.05) is 14.8 Å². The number of benzene rings is 2. The van der Waals surface area contributed by atoms with Gasteiger partial charge >= 0.3 is 5.97 Å². The predicted molar refractivity (Wildman–Crippen MR) is 88.7 cm³/mol. The van der Waals surface area contributed by atoms with Crippen LogP contribution in [0.25, 0.3) is 0 Å². The lowest BCUT2D eigenvalue weighted by atomic mass is 10.0. The zero-order valence-electron chi connectivity index (χ0n) is 12.0. The van der Waals surface area contributed by atoms with Crippen molar-refractivity contribution < 1.29 is 23.4 Å². The fraction of sp³-hybridized carbons (Fsp3) is 0.188. The summed E-state index contributed by atoms with van der Waals surface area (Å²) >= 11 is 2.16. The lowest BCUT2D eigenvalue weighted by molar-refractivity contribution is -0.151. The van der Waals surface area contributed by atoms with Crippen LogP contribution in [-0.4, -0.2) is 17.8 Å². The van der Waals surface area contributed by atoms with E-state index in [1.807, 2.05) is 19.1 Å². The number of aryl methyl sites for hydroxylation is 1. The molecule has 1 unspecified atom stereocenters. The largest absolute Gasteiger partial charge is 0.479 e. The molecule has 1 atom stereocenters. The van der Waals surface area contributed by atoms with E-state index in [-0.39, 0.29) is 18.0 Å². The van der Waals surface area contributed by atoms with Crippen molar-refractivity contribution in [2.24, 2.45) is 0 Å². The Morgan fingerprint density at radius 1 is 1.35 bits per heavy atom. The zero-order valence-corrected chi connectivity index (χ0v) is 14.2. The molecule has 0 saturated heterocycles. The van der Waals surface area contributed by atoms with Crippen LogP contribution in [0.1, 0.15) is 17.2 Å². The molecule has 2 aromatic carbocycles. The zero-order chi connectivity index (χ0) is 16.7. The van der Waals surface area contributed by atoms with Gasteiger partial charge in [0.25, 0.3) is 0 Å². The first-order valence-electron chi connectivity index (χ1n) is 6.76. The van der Waals surface area contributed by atoms with E-state index in [1.165, 1.54) is 11.0 Å². The maximum absolute atomic E-state index is 14.4. The van der Waals surface area contributed by atoms with Crippen molar-refractivity contribution in [2.75, 3.05) is 11.6 Å². The van der Waals surface area contributed by atoms with Gasteiger partial charge in [-0.3, -0.25) is 0 Å². The molecule has 4 nitrogen and oxygen atoms in total. The molecule has 2 aromatic rings. The Labute approximate surface area is 144 Å². The van der Waals surface area contributed by atoms with Crippen LogP contribution in [0.4, 0.5) is 20.2 Å². The van der Waals surface area contributed by atoms with E-state index in [1.54, 1.807) is 6.07 Å². The maximum atomic E-state index is 14.4. The predicted octanol–water partition coefficient (Wildman–Crippen LogP) is 4.13. The minimum absolute atomic E-state index is 0.0899. The average Bonchev–Trinajstić information content (AvgIpc) is 2.50. The number of fused-ring (bicyclic) bond motifs is 1. The van der Waals surface area contributed by atoms with Crippen LogP contribution in [0.3, 0.4) is 0 Å². The van der Waals surface area contributed by atoms with Crippen LogP contribution in [0, 0.1) is 22.1 Å². The van der Waals surface area contributed by atoms with E-state index >= 15 is 0 Å². The molecule has 0 amide bonds. The quantitative estimate of drug-likeness (QED) is 0.727. The minimum Gasteiger partial charge on any atom is -0.479 e. The van der Waals surface area contributed by atoms with Gasteiger partial charge in [0.05, 0.1) is 5.69 Å². The summed E-state index contributed by atoms with van der Waals surface area (Å²) in [7, 11) is 0. The maximum Gasteiger partial charge on any atom is 0.337 e.